The lowest BCUT2D eigenvalue weighted by molar-refractivity contribution is -0.112. The van der Waals surface area contributed by atoms with Crippen molar-refractivity contribution >= 4 is 35.2 Å². The van der Waals surface area contributed by atoms with Gasteiger partial charge in [-0.3, -0.25) is 4.79 Å². The van der Waals surface area contributed by atoms with Crippen LogP contribution >= 0.6 is 11.6 Å². The number of rotatable bonds is 5. The molecule has 0 saturated carbocycles. The van der Waals surface area contributed by atoms with Crippen LogP contribution in [0.3, 0.4) is 0 Å². The molecule has 0 aliphatic rings. The zero-order valence-electron chi connectivity index (χ0n) is 13.2. The third-order valence-electron chi connectivity index (χ3n) is 3.33. The summed E-state index contributed by atoms with van der Waals surface area (Å²) in [5, 5.41) is 12.1. The lowest BCUT2D eigenvalue weighted by Crippen LogP contribution is -2.15. The van der Waals surface area contributed by atoms with E-state index >= 15 is 0 Å². The molecule has 2 aromatic rings. The van der Waals surface area contributed by atoms with Gasteiger partial charge < -0.3 is 15.2 Å². The summed E-state index contributed by atoms with van der Waals surface area (Å²) in [5.41, 5.74) is 1.26. The molecule has 0 aliphatic heterocycles. The lowest BCUT2D eigenvalue weighted by Gasteiger charge is -2.10. The van der Waals surface area contributed by atoms with Crippen LogP contribution in [0.2, 0.25) is 5.02 Å². The lowest BCUT2D eigenvalue weighted by atomic mass is 10.1. The van der Waals surface area contributed by atoms with E-state index in [9.17, 15) is 14.7 Å². The molecule has 2 aromatic carbocycles. The summed E-state index contributed by atoms with van der Waals surface area (Å²) in [4.78, 5) is 23.6. The highest BCUT2D eigenvalue weighted by Gasteiger charge is 2.14. The van der Waals surface area contributed by atoms with Crippen molar-refractivity contribution in [3.8, 4) is 5.75 Å². The Bertz CT molecular complexity index is 814. The van der Waals surface area contributed by atoms with Gasteiger partial charge in [-0.1, -0.05) is 29.8 Å². The summed E-state index contributed by atoms with van der Waals surface area (Å²) in [5.74, 6) is -0.933. The quantitative estimate of drug-likeness (QED) is 0.800. The summed E-state index contributed by atoms with van der Waals surface area (Å²) in [7, 11) is 1.55. The number of methoxy groups -OCH3 is 1. The first kappa shape index (κ1) is 17.6. The Hall–Kier alpha value is -2.79. The number of aromatic carboxylic acids is 1. The Kier molecular flexibility index (Phi) is 5.60. The number of benzene rings is 2. The highest BCUT2D eigenvalue weighted by atomic mass is 35.5. The van der Waals surface area contributed by atoms with Crippen molar-refractivity contribution in [1.29, 1.82) is 0 Å². The van der Waals surface area contributed by atoms with Gasteiger partial charge in [0.25, 0.3) is 5.91 Å². The summed E-state index contributed by atoms with van der Waals surface area (Å²) >= 11 is 5.88. The summed E-state index contributed by atoms with van der Waals surface area (Å²) < 4.78 is 5.24. The van der Waals surface area contributed by atoms with Crippen LogP contribution in [0.15, 0.2) is 48.0 Å². The number of carboxylic acids is 1. The van der Waals surface area contributed by atoms with E-state index in [1.165, 1.54) is 18.2 Å². The number of carboxylic acid groups (broad SMARTS) is 1. The fourth-order valence-corrected chi connectivity index (χ4v) is 2.28. The van der Waals surface area contributed by atoms with Gasteiger partial charge >= 0.3 is 5.97 Å². The molecular weight excluding hydrogens is 330 g/mol. The SMILES string of the molecule is COc1ccccc1C=C(C)C(=O)Nc1cc(Cl)ccc1C(=O)O. The second-order valence-corrected chi connectivity index (χ2v) is 5.45. The number of para-hydroxylation sites is 1. The van der Waals surface area contributed by atoms with E-state index in [4.69, 9.17) is 16.3 Å². The maximum atomic E-state index is 12.3. The molecule has 0 saturated heterocycles. The van der Waals surface area contributed by atoms with Crippen molar-refractivity contribution < 1.29 is 19.4 Å². The van der Waals surface area contributed by atoms with Crippen molar-refractivity contribution in [2.75, 3.05) is 12.4 Å². The fraction of sp³-hybridized carbons (Fsp3) is 0.111. The maximum absolute atomic E-state index is 12.3. The number of carbonyl (C=O) groups is 2. The second-order valence-electron chi connectivity index (χ2n) is 5.02. The van der Waals surface area contributed by atoms with Crippen molar-refractivity contribution in [2.24, 2.45) is 0 Å². The van der Waals surface area contributed by atoms with E-state index in [2.05, 4.69) is 5.32 Å². The number of ether oxygens (including phenoxy) is 1. The minimum Gasteiger partial charge on any atom is -0.496 e. The van der Waals surface area contributed by atoms with Crippen molar-refractivity contribution in [3.63, 3.8) is 0 Å². The number of nitrogens with one attached hydrogen (secondary N) is 1. The molecular formula is C18H16ClNO4. The van der Waals surface area contributed by atoms with E-state index in [0.29, 0.717) is 16.3 Å². The van der Waals surface area contributed by atoms with Crippen molar-refractivity contribution in [2.45, 2.75) is 6.92 Å². The normalized spacial score (nSPS) is 11.0. The number of hydrogen-bond acceptors (Lipinski definition) is 3. The molecule has 124 valence electrons. The molecule has 0 heterocycles. The molecule has 2 N–H and O–H groups in total. The van der Waals surface area contributed by atoms with E-state index < -0.39 is 11.9 Å². The van der Waals surface area contributed by atoms with Crippen LogP contribution in [0.25, 0.3) is 6.08 Å². The van der Waals surface area contributed by atoms with Crippen LogP contribution in [-0.2, 0) is 4.79 Å². The molecule has 24 heavy (non-hydrogen) atoms. The average molecular weight is 346 g/mol. The van der Waals surface area contributed by atoms with Crippen LogP contribution in [-0.4, -0.2) is 24.1 Å². The molecule has 0 aliphatic carbocycles. The smallest absolute Gasteiger partial charge is 0.337 e. The number of amides is 1. The van der Waals surface area contributed by atoms with Crippen LogP contribution < -0.4 is 10.1 Å². The highest BCUT2D eigenvalue weighted by Crippen LogP contribution is 2.23. The van der Waals surface area contributed by atoms with Crippen LogP contribution in [0.5, 0.6) is 5.75 Å². The average Bonchev–Trinajstić information content (AvgIpc) is 2.55. The van der Waals surface area contributed by atoms with Crippen LogP contribution in [0, 0.1) is 0 Å². The number of halogens is 1. The zero-order valence-corrected chi connectivity index (χ0v) is 13.9. The topological polar surface area (TPSA) is 75.6 Å². The van der Waals surface area contributed by atoms with E-state index in [0.717, 1.165) is 5.56 Å². The second kappa shape index (κ2) is 7.66. The Morgan fingerprint density at radius 1 is 1.21 bits per heavy atom. The standard InChI is InChI=1S/C18H16ClNO4/c1-11(9-12-5-3-4-6-16(12)24-2)17(21)20-15-10-13(19)7-8-14(15)18(22)23/h3-10H,1-2H3,(H,20,21)(H,22,23). The predicted octanol–water partition coefficient (Wildman–Crippen LogP) is 4.09. The van der Waals surface area contributed by atoms with Gasteiger partial charge in [-0.15, -0.1) is 0 Å². The van der Waals surface area contributed by atoms with Gasteiger partial charge in [-0.25, -0.2) is 4.79 Å². The highest BCUT2D eigenvalue weighted by molar-refractivity contribution is 6.31. The van der Waals surface area contributed by atoms with Gasteiger partial charge in [-0.05, 0) is 37.3 Å². The number of hydrogen-bond donors (Lipinski definition) is 2. The van der Waals surface area contributed by atoms with Gasteiger partial charge in [0.2, 0.25) is 0 Å². The Morgan fingerprint density at radius 3 is 2.58 bits per heavy atom. The monoisotopic (exact) mass is 345 g/mol. The molecule has 2 rings (SSSR count). The molecule has 0 radical (unpaired) electrons. The Morgan fingerprint density at radius 2 is 1.92 bits per heavy atom. The summed E-state index contributed by atoms with van der Waals surface area (Å²) in [6, 6.07) is 11.5. The Balaban J connectivity index is 2.28. The molecule has 0 atom stereocenters. The molecule has 5 nitrogen and oxygen atoms in total. The van der Waals surface area contributed by atoms with Crippen LogP contribution in [0.4, 0.5) is 5.69 Å². The first-order valence-corrected chi connectivity index (χ1v) is 7.45. The first-order valence-electron chi connectivity index (χ1n) is 7.08. The summed E-state index contributed by atoms with van der Waals surface area (Å²) in [6.45, 7) is 1.63. The zero-order chi connectivity index (χ0) is 17.7. The van der Waals surface area contributed by atoms with E-state index in [1.807, 2.05) is 18.2 Å². The third kappa shape index (κ3) is 4.14. The number of carbonyl (C=O) groups excluding carboxylic acids is 1. The molecule has 0 spiro atoms. The molecule has 6 heteroatoms. The maximum Gasteiger partial charge on any atom is 0.337 e. The molecule has 0 bridgehead atoms. The molecule has 1 amide bonds. The number of anilines is 1. The van der Waals surface area contributed by atoms with E-state index in [-0.39, 0.29) is 11.3 Å². The van der Waals surface area contributed by atoms with Gasteiger partial charge in [-0.2, -0.15) is 0 Å². The van der Waals surface area contributed by atoms with Crippen LogP contribution in [0.1, 0.15) is 22.8 Å². The fourth-order valence-electron chi connectivity index (χ4n) is 2.11. The van der Waals surface area contributed by atoms with Gasteiger partial charge in [0.05, 0.1) is 18.4 Å². The van der Waals surface area contributed by atoms with Crippen molar-refractivity contribution in [3.05, 3.63) is 64.2 Å². The third-order valence-corrected chi connectivity index (χ3v) is 3.56. The van der Waals surface area contributed by atoms with E-state index in [1.54, 1.807) is 26.2 Å². The largest absolute Gasteiger partial charge is 0.496 e. The minimum atomic E-state index is -1.15. The molecule has 0 aromatic heterocycles. The van der Waals surface area contributed by atoms with Gasteiger partial charge in [0.15, 0.2) is 0 Å². The van der Waals surface area contributed by atoms with Gasteiger partial charge in [0, 0.05) is 16.2 Å². The van der Waals surface area contributed by atoms with Gasteiger partial charge in [0.1, 0.15) is 5.75 Å². The first-order chi connectivity index (χ1) is 11.4. The Labute approximate surface area is 144 Å². The van der Waals surface area contributed by atoms with Crippen molar-refractivity contribution in [1.82, 2.24) is 0 Å². The predicted molar refractivity (Wildman–Crippen MR) is 93.7 cm³/mol. The molecule has 0 unspecified atom stereocenters. The summed E-state index contributed by atoms with van der Waals surface area (Å²) in [6.07, 6.45) is 1.67. The molecule has 0 fully saturated rings. The minimum absolute atomic E-state index is 0.0298.